The molecule has 1 heterocycles. The number of nitrogens with zero attached hydrogens (tertiary/aromatic N) is 1. The zero-order valence-electron chi connectivity index (χ0n) is 10.5. The molecule has 0 aromatic heterocycles. The molecule has 0 spiro atoms. The highest BCUT2D eigenvalue weighted by Gasteiger charge is 2.21. The molecule has 0 unspecified atom stereocenters. The quantitative estimate of drug-likeness (QED) is 0.588. The van der Waals surface area contributed by atoms with E-state index in [0.29, 0.717) is 0 Å². The van der Waals surface area contributed by atoms with E-state index in [1.54, 1.807) is 0 Å². The van der Waals surface area contributed by atoms with Crippen LogP contribution in [0, 0.1) is 0 Å². The van der Waals surface area contributed by atoms with Crippen LogP contribution in [0.2, 0.25) is 0 Å². The number of halogens is 3. The van der Waals surface area contributed by atoms with Crippen LogP contribution in [-0.2, 0) is 12.8 Å². The maximum absolute atomic E-state index is 4.46. The van der Waals surface area contributed by atoms with E-state index >= 15 is 0 Å². The fraction of sp³-hybridized carbons (Fsp3) is 0.462. The highest BCUT2D eigenvalue weighted by Crippen LogP contribution is 2.38. The summed E-state index contributed by atoms with van der Waals surface area (Å²) in [7, 11) is 0. The largest absolute Gasteiger partial charge is 1.00 e. The minimum Gasteiger partial charge on any atom is -1.00 e. The zero-order valence-corrected chi connectivity index (χ0v) is 15.2. The van der Waals surface area contributed by atoms with Crippen molar-refractivity contribution in [1.29, 1.82) is 0 Å². The topological polar surface area (TPSA) is 41.0 Å². The monoisotopic (exact) mass is 451 g/mol. The van der Waals surface area contributed by atoms with Gasteiger partial charge in [0.1, 0.15) is 6.54 Å². The van der Waals surface area contributed by atoms with Gasteiger partial charge in [0.2, 0.25) is 0 Å². The van der Waals surface area contributed by atoms with Crippen LogP contribution in [0.5, 0.6) is 0 Å². The van der Waals surface area contributed by atoms with Crippen molar-refractivity contribution in [3.8, 4) is 0 Å². The second-order valence-electron chi connectivity index (χ2n) is 4.76. The number of nitrogens with two attached hydrogens (primary N) is 1. The van der Waals surface area contributed by atoms with E-state index < -0.39 is 0 Å². The number of rotatable bonds is 1. The molecule has 0 bridgehead atoms. The van der Waals surface area contributed by atoms with Crippen molar-refractivity contribution >= 4 is 43.5 Å². The van der Waals surface area contributed by atoms with Crippen molar-refractivity contribution in [2.45, 2.75) is 25.7 Å². The average Bonchev–Trinajstić information content (AvgIpc) is 2.87. The summed E-state index contributed by atoms with van der Waals surface area (Å²) in [6.07, 6.45) is 4.90. The minimum absolute atomic E-state index is 0. The first-order chi connectivity index (χ1) is 8.75. The molecule has 0 fully saturated rings. The Morgan fingerprint density at radius 3 is 2.53 bits per heavy atom. The van der Waals surface area contributed by atoms with Gasteiger partial charge in [-0.15, -0.1) is 0 Å². The Balaban J connectivity index is 0.00000133. The molecular formula is C13H16Br3N3. The van der Waals surface area contributed by atoms with Crippen LogP contribution in [0.3, 0.4) is 0 Å². The standard InChI is InChI=1S/C13H15Br2N3.BrH/c14-10-7-11(15)12(18-13-16-5-6-17-13)9-4-2-1-3-8(9)10;/h7H,1-6H2,(H2,16,17,18);1H. The van der Waals surface area contributed by atoms with Gasteiger partial charge in [-0.3, -0.25) is 10.6 Å². The molecule has 1 aromatic carbocycles. The van der Waals surface area contributed by atoms with Crippen molar-refractivity contribution in [2.24, 2.45) is 4.99 Å². The number of aliphatic imine (C=N–C) groups is 1. The summed E-state index contributed by atoms with van der Waals surface area (Å²) < 4.78 is 2.35. The summed E-state index contributed by atoms with van der Waals surface area (Å²) in [4.78, 5) is 4.46. The van der Waals surface area contributed by atoms with Gasteiger partial charge in [0.15, 0.2) is 0 Å². The van der Waals surface area contributed by atoms with Crippen molar-refractivity contribution in [3.05, 3.63) is 26.1 Å². The SMILES string of the molecule is Brc1cc(Br)c(NC2=NCC[NH2+]2)c2c1CCCC2.[Br-]. The van der Waals surface area contributed by atoms with Gasteiger partial charge in [0.25, 0.3) is 5.96 Å². The third kappa shape index (κ3) is 3.23. The molecule has 0 saturated carbocycles. The third-order valence-electron chi connectivity index (χ3n) is 3.55. The number of nitrogens with one attached hydrogen (secondary N) is 1. The van der Waals surface area contributed by atoms with E-state index in [-0.39, 0.29) is 17.0 Å². The number of fused-ring (bicyclic) bond motifs is 1. The van der Waals surface area contributed by atoms with E-state index in [0.717, 1.165) is 29.9 Å². The van der Waals surface area contributed by atoms with Crippen LogP contribution in [0.1, 0.15) is 24.0 Å². The van der Waals surface area contributed by atoms with Crippen LogP contribution in [-0.4, -0.2) is 19.0 Å². The summed E-state index contributed by atoms with van der Waals surface area (Å²) in [5, 5.41) is 5.66. The third-order valence-corrected chi connectivity index (χ3v) is 4.89. The van der Waals surface area contributed by atoms with E-state index in [1.165, 1.54) is 40.5 Å². The lowest BCUT2D eigenvalue weighted by atomic mass is 9.90. The highest BCUT2D eigenvalue weighted by molar-refractivity contribution is 9.11. The molecular weight excluding hydrogens is 438 g/mol. The first-order valence-corrected chi connectivity index (χ1v) is 7.99. The van der Waals surface area contributed by atoms with E-state index in [4.69, 9.17) is 0 Å². The van der Waals surface area contributed by atoms with E-state index in [1.807, 2.05) is 0 Å². The van der Waals surface area contributed by atoms with Gasteiger partial charge < -0.3 is 17.0 Å². The molecule has 1 aromatic rings. The number of hydrogen-bond acceptors (Lipinski definition) is 2. The maximum Gasteiger partial charge on any atom is 0.299 e. The van der Waals surface area contributed by atoms with Crippen LogP contribution in [0.15, 0.2) is 20.0 Å². The Hall–Kier alpha value is 0.0900. The fourth-order valence-corrected chi connectivity index (χ4v) is 4.21. The molecule has 0 saturated heterocycles. The molecule has 1 aliphatic heterocycles. The Bertz CT molecular complexity index is 514. The number of benzene rings is 1. The molecule has 3 rings (SSSR count). The fourth-order valence-electron chi connectivity index (χ4n) is 2.66. The van der Waals surface area contributed by atoms with Gasteiger partial charge >= 0.3 is 0 Å². The maximum atomic E-state index is 4.46. The first kappa shape index (κ1) is 15.5. The molecule has 19 heavy (non-hydrogen) atoms. The average molecular weight is 454 g/mol. The van der Waals surface area contributed by atoms with Gasteiger partial charge in [0.05, 0.1) is 12.2 Å². The first-order valence-electron chi connectivity index (χ1n) is 6.40. The number of quaternary nitrogens is 1. The molecule has 6 heteroatoms. The Kier molecular flexibility index (Phi) is 5.45. The summed E-state index contributed by atoms with van der Waals surface area (Å²) in [6.45, 7) is 1.97. The van der Waals surface area contributed by atoms with Crippen LogP contribution in [0.4, 0.5) is 5.69 Å². The Morgan fingerprint density at radius 2 is 1.84 bits per heavy atom. The smallest absolute Gasteiger partial charge is 0.299 e. The summed E-state index contributed by atoms with van der Waals surface area (Å²) >= 11 is 7.36. The van der Waals surface area contributed by atoms with Crippen LogP contribution in [0.25, 0.3) is 0 Å². The van der Waals surface area contributed by atoms with Crippen molar-refractivity contribution < 1.29 is 22.3 Å². The summed E-state index contributed by atoms with van der Waals surface area (Å²) in [5.74, 6) is 1.02. The molecule has 0 radical (unpaired) electrons. The molecule has 104 valence electrons. The number of guanidine groups is 1. The van der Waals surface area contributed by atoms with Crippen molar-refractivity contribution in [1.82, 2.24) is 0 Å². The lowest BCUT2D eigenvalue weighted by molar-refractivity contribution is -0.527. The molecule has 3 N–H and O–H groups in total. The molecule has 1 aliphatic carbocycles. The lowest BCUT2D eigenvalue weighted by Gasteiger charge is -2.22. The zero-order chi connectivity index (χ0) is 12.5. The molecule has 0 atom stereocenters. The second kappa shape index (κ2) is 6.70. The van der Waals surface area contributed by atoms with E-state index in [9.17, 15) is 0 Å². The molecule has 2 aliphatic rings. The molecule has 3 nitrogen and oxygen atoms in total. The summed E-state index contributed by atoms with van der Waals surface area (Å²) in [5.41, 5.74) is 4.13. The number of anilines is 1. The van der Waals surface area contributed by atoms with Gasteiger partial charge in [-0.2, -0.15) is 0 Å². The lowest BCUT2D eigenvalue weighted by Crippen LogP contribution is -3.00. The normalized spacial score (nSPS) is 17.5. The predicted molar refractivity (Wildman–Crippen MR) is 81.2 cm³/mol. The van der Waals surface area contributed by atoms with Crippen molar-refractivity contribution in [3.63, 3.8) is 0 Å². The van der Waals surface area contributed by atoms with E-state index in [2.05, 4.69) is 53.6 Å². The van der Waals surface area contributed by atoms with Crippen molar-refractivity contribution in [2.75, 3.05) is 18.4 Å². The van der Waals surface area contributed by atoms with Gasteiger partial charge in [0, 0.05) is 8.95 Å². The van der Waals surface area contributed by atoms with Gasteiger partial charge in [-0.05, 0) is 58.8 Å². The summed E-state index contributed by atoms with van der Waals surface area (Å²) in [6, 6.07) is 2.15. The Labute approximate surface area is 140 Å². The Morgan fingerprint density at radius 1 is 1.11 bits per heavy atom. The predicted octanol–water partition coefficient (Wildman–Crippen LogP) is -0.561. The highest BCUT2D eigenvalue weighted by atomic mass is 79.9. The van der Waals surface area contributed by atoms with Crippen LogP contribution >= 0.6 is 31.9 Å². The number of hydrogen-bond donors (Lipinski definition) is 2. The van der Waals surface area contributed by atoms with Crippen LogP contribution < -0.4 is 27.6 Å². The second-order valence-corrected chi connectivity index (χ2v) is 6.47. The molecule has 0 amide bonds. The van der Waals surface area contributed by atoms with Gasteiger partial charge in [-0.25, -0.2) is 4.99 Å². The minimum atomic E-state index is 0. The van der Waals surface area contributed by atoms with Gasteiger partial charge in [-0.1, -0.05) is 15.9 Å².